The summed E-state index contributed by atoms with van der Waals surface area (Å²) in [6, 6.07) is 4.33. The third-order valence-corrected chi connectivity index (χ3v) is 4.09. The van der Waals surface area contributed by atoms with E-state index in [1.54, 1.807) is 0 Å². The normalized spacial score (nSPS) is 15.9. The van der Waals surface area contributed by atoms with Gasteiger partial charge in [0, 0.05) is 18.7 Å². The van der Waals surface area contributed by atoms with Gasteiger partial charge in [0.05, 0.1) is 5.56 Å². The molecule has 116 valence electrons. The smallest absolute Gasteiger partial charge is 0.257 e. The largest absolute Gasteiger partial charge is 0.508 e. The second kappa shape index (κ2) is 7.31. The molecule has 21 heavy (non-hydrogen) atoms. The van der Waals surface area contributed by atoms with Crippen molar-refractivity contribution >= 4 is 5.91 Å². The van der Waals surface area contributed by atoms with Crippen LogP contribution in [0.15, 0.2) is 18.2 Å². The number of rotatable bonds is 5. The molecule has 4 N–H and O–H groups in total. The Labute approximate surface area is 125 Å². The Bertz CT molecular complexity index is 484. The van der Waals surface area contributed by atoms with E-state index in [2.05, 4.69) is 0 Å². The number of hydrogen-bond donors (Lipinski definition) is 3. The monoisotopic (exact) mass is 292 g/mol. The Kier molecular flexibility index (Phi) is 5.44. The van der Waals surface area contributed by atoms with Gasteiger partial charge in [0.15, 0.2) is 0 Å². The van der Waals surface area contributed by atoms with Gasteiger partial charge < -0.3 is 20.8 Å². The highest BCUT2D eigenvalue weighted by molar-refractivity contribution is 5.97. The van der Waals surface area contributed by atoms with E-state index in [0.29, 0.717) is 13.1 Å². The highest BCUT2D eigenvalue weighted by atomic mass is 16.3. The molecule has 1 aromatic rings. The number of phenolic OH excluding ortho intramolecular Hbond substituents is 2. The van der Waals surface area contributed by atoms with Crippen LogP contribution in [0.1, 0.15) is 48.9 Å². The minimum atomic E-state index is -0.173. The lowest BCUT2D eigenvalue weighted by atomic mass is 9.93. The first-order valence-electron chi connectivity index (χ1n) is 7.66. The average Bonchev–Trinajstić information content (AvgIpc) is 2.48. The van der Waals surface area contributed by atoms with Crippen LogP contribution in [0.3, 0.4) is 0 Å². The van der Waals surface area contributed by atoms with Crippen LogP contribution in [-0.4, -0.2) is 40.2 Å². The Morgan fingerprint density at radius 3 is 2.57 bits per heavy atom. The van der Waals surface area contributed by atoms with Gasteiger partial charge in [0.1, 0.15) is 11.5 Å². The van der Waals surface area contributed by atoms with Crippen molar-refractivity contribution in [3.63, 3.8) is 0 Å². The van der Waals surface area contributed by atoms with Crippen molar-refractivity contribution in [3.05, 3.63) is 23.8 Å². The van der Waals surface area contributed by atoms with E-state index in [9.17, 15) is 15.0 Å². The highest BCUT2D eigenvalue weighted by Crippen LogP contribution is 2.28. The molecule has 2 rings (SSSR count). The number of amides is 1. The second-order valence-electron chi connectivity index (χ2n) is 5.63. The van der Waals surface area contributed by atoms with E-state index in [1.165, 1.54) is 24.6 Å². The van der Waals surface area contributed by atoms with Crippen LogP contribution in [0.2, 0.25) is 0 Å². The number of phenols is 2. The standard InChI is InChI=1S/C16H24N2O3/c17-9-4-10-18(12-5-2-1-3-6-12)16(21)14-8-7-13(19)11-15(14)20/h7-8,11-12,19-20H,1-6,9-10,17H2. The number of aromatic hydroxyl groups is 2. The second-order valence-corrected chi connectivity index (χ2v) is 5.63. The SMILES string of the molecule is NCCCN(C(=O)c1ccc(O)cc1O)C1CCCCC1. The number of nitrogens with two attached hydrogens (primary N) is 1. The summed E-state index contributed by atoms with van der Waals surface area (Å²) in [5.41, 5.74) is 5.82. The summed E-state index contributed by atoms with van der Waals surface area (Å²) in [7, 11) is 0. The van der Waals surface area contributed by atoms with E-state index < -0.39 is 0 Å². The van der Waals surface area contributed by atoms with Crippen LogP contribution in [0.5, 0.6) is 11.5 Å². The molecule has 1 saturated carbocycles. The summed E-state index contributed by atoms with van der Waals surface area (Å²) in [6.07, 6.45) is 6.27. The molecular formula is C16H24N2O3. The maximum Gasteiger partial charge on any atom is 0.257 e. The van der Waals surface area contributed by atoms with Crippen LogP contribution in [0, 0.1) is 0 Å². The first-order chi connectivity index (χ1) is 10.1. The number of hydrogen-bond acceptors (Lipinski definition) is 4. The molecule has 0 bridgehead atoms. The number of nitrogens with zero attached hydrogens (tertiary/aromatic N) is 1. The van der Waals surface area contributed by atoms with Crippen LogP contribution < -0.4 is 5.73 Å². The van der Waals surface area contributed by atoms with Crippen molar-refractivity contribution in [1.29, 1.82) is 0 Å². The van der Waals surface area contributed by atoms with E-state index >= 15 is 0 Å². The van der Waals surface area contributed by atoms with Crippen LogP contribution in [0.25, 0.3) is 0 Å². The molecule has 0 aliphatic heterocycles. The first-order valence-corrected chi connectivity index (χ1v) is 7.66. The molecule has 1 fully saturated rings. The fraction of sp³-hybridized carbons (Fsp3) is 0.562. The zero-order chi connectivity index (χ0) is 15.2. The van der Waals surface area contributed by atoms with Crippen molar-refractivity contribution in [2.75, 3.05) is 13.1 Å². The highest BCUT2D eigenvalue weighted by Gasteiger charge is 2.27. The third-order valence-electron chi connectivity index (χ3n) is 4.09. The minimum absolute atomic E-state index is 0.0461. The summed E-state index contributed by atoms with van der Waals surface area (Å²) < 4.78 is 0. The zero-order valence-electron chi connectivity index (χ0n) is 12.3. The first kappa shape index (κ1) is 15.6. The van der Waals surface area contributed by atoms with Crippen molar-refractivity contribution in [3.8, 4) is 11.5 Å². The predicted octanol–water partition coefficient (Wildman–Crippen LogP) is 2.22. The molecule has 0 unspecified atom stereocenters. The lowest BCUT2D eigenvalue weighted by Gasteiger charge is -2.34. The van der Waals surface area contributed by atoms with Gasteiger partial charge in [-0.05, 0) is 37.9 Å². The molecule has 0 spiro atoms. The van der Waals surface area contributed by atoms with Gasteiger partial charge in [-0.3, -0.25) is 4.79 Å². The van der Waals surface area contributed by atoms with Crippen LogP contribution >= 0.6 is 0 Å². The molecular weight excluding hydrogens is 268 g/mol. The van der Waals surface area contributed by atoms with Gasteiger partial charge in [-0.15, -0.1) is 0 Å². The summed E-state index contributed by atoms with van der Waals surface area (Å²) in [4.78, 5) is 14.6. The summed E-state index contributed by atoms with van der Waals surface area (Å²) in [5, 5.41) is 19.2. The van der Waals surface area contributed by atoms with Gasteiger partial charge in [0.2, 0.25) is 0 Å². The van der Waals surface area contributed by atoms with Crippen molar-refractivity contribution in [2.45, 2.75) is 44.6 Å². The average molecular weight is 292 g/mol. The van der Waals surface area contributed by atoms with Crippen molar-refractivity contribution in [2.24, 2.45) is 5.73 Å². The quantitative estimate of drug-likeness (QED) is 0.776. The molecule has 0 saturated heterocycles. The van der Waals surface area contributed by atoms with E-state index in [0.717, 1.165) is 32.1 Å². The Morgan fingerprint density at radius 2 is 1.95 bits per heavy atom. The summed E-state index contributed by atoms with van der Waals surface area (Å²) in [5.74, 6) is -0.392. The molecule has 0 aromatic heterocycles. The number of benzene rings is 1. The maximum absolute atomic E-state index is 12.7. The summed E-state index contributed by atoms with van der Waals surface area (Å²) >= 11 is 0. The molecule has 5 nitrogen and oxygen atoms in total. The molecule has 1 aliphatic rings. The molecule has 5 heteroatoms. The fourth-order valence-corrected chi connectivity index (χ4v) is 2.96. The van der Waals surface area contributed by atoms with Gasteiger partial charge in [0.25, 0.3) is 5.91 Å². The third kappa shape index (κ3) is 3.88. The maximum atomic E-state index is 12.7. The van der Waals surface area contributed by atoms with Gasteiger partial charge in [-0.25, -0.2) is 0 Å². The topological polar surface area (TPSA) is 86.8 Å². The molecule has 0 radical (unpaired) electrons. The molecule has 0 heterocycles. The molecule has 1 aliphatic carbocycles. The van der Waals surface area contributed by atoms with E-state index in [-0.39, 0.29) is 29.0 Å². The lowest BCUT2D eigenvalue weighted by molar-refractivity contribution is 0.0630. The zero-order valence-corrected chi connectivity index (χ0v) is 12.3. The Hall–Kier alpha value is -1.75. The van der Waals surface area contributed by atoms with Gasteiger partial charge in [-0.1, -0.05) is 19.3 Å². The minimum Gasteiger partial charge on any atom is -0.508 e. The number of carbonyl (C=O) groups excluding carboxylic acids is 1. The molecule has 0 atom stereocenters. The molecule has 1 amide bonds. The molecule has 1 aromatic carbocycles. The van der Waals surface area contributed by atoms with Gasteiger partial charge in [-0.2, -0.15) is 0 Å². The van der Waals surface area contributed by atoms with E-state index in [4.69, 9.17) is 5.73 Å². The fourth-order valence-electron chi connectivity index (χ4n) is 2.96. The Morgan fingerprint density at radius 1 is 1.24 bits per heavy atom. The van der Waals surface area contributed by atoms with Crippen molar-refractivity contribution in [1.82, 2.24) is 4.90 Å². The van der Waals surface area contributed by atoms with E-state index in [1.807, 2.05) is 4.90 Å². The van der Waals surface area contributed by atoms with Crippen LogP contribution in [0.4, 0.5) is 0 Å². The van der Waals surface area contributed by atoms with Gasteiger partial charge >= 0.3 is 0 Å². The Balaban J connectivity index is 2.19. The lowest BCUT2D eigenvalue weighted by Crippen LogP contribution is -2.42. The summed E-state index contributed by atoms with van der Waals surface area (Å²) in [6.45, 7) is 1.15. The predicted molar refractivity (Wildman–Crippen MR) is 81.4 cm³/mol. The number of carbonyl (C=O) groups is 1. The van der Waals surface area contributed by atoms with Crippen molar-refractivity contribution < 1.29 is 15.0 Å². The van der Waals surface area contributed by atoms with Crippen LogP contribution in [-0.2, 0) is 0 Å².